The normalized spacial score (nSPS) is 25.8. The molecule has 1 aliphatic carbocycles. The number of carbonyl (C=O) groups is 1. The Bertz CT molecular complexity index is 736. The highest BCUT2D eigenvalue weighted by Gasteiger charge is 2.44. The Morgan fingerprint density at radius 1 is 1.29 bits per heavy atom. The van der Waals surface area contributed by atoms with Crippen molar-refractivity contribution in [3.05, 3.63) is 65.7 Å². The lowest BCUT2D eigenvalue weighted by Gasteiger charge is -2.31. The van der Waals surface area contributed by atoms with Crippen LogP contribution in [0.25, 0.3) is 0 Å². The standard InChI is InChI=1S/C19H20FN3O/c20-16-5-1-4-14(7-16)19(24)22-18-9-17-8-15(18)12-23(17)11-13-3-2-6-21-10-13/h1-7,10,15,17-18H,8-9,11-12H2,(H,22,24)/t15-,17+,18+/m0/s1. The molecule has 1 N–H and O–H groups in total. The van der Waals surface area contributed by atoms with Gasteiger partial charge in [0, 0.05) is 43.1 Å². The second-order valence-corrected chi connectivity index (χ2v) is 6.77. The summed E-state index contributed by atoms with van der Waals surface area (Å²) in [5.74, 6) is -0.0757. The summed E-state index contributed by atoms with van der Waals surface area (Å²) < 4.78 is 13.3. The number of benzene rings is 1. The van der Waals surface area contributed by atoms with Crippen LogP contribution in [-0.4, -0.2) is 34.4 Å². The van der Waals surface area contributed by atoms with Crippen molar-refractivity contribution in [2.75, 3.05) is 6.54 Å². The van der Waals surface area contributed by atoms with Gasteiger partial charge in [0.15, 0.2) is 0 Å². The number of pyridine rings is 1. The molecule has 1 aromatic carbocycles. The lowest BCUT2D eigenvalue weighted by Crippen LogP contribution is -2.45. The molecule has 2 aromatic rings. The molecular weight excluding hydrogens is 305 g/mol. The second-order valence-electron chi connectivity index (χ2n) is 6.77. The zero-order valence-corrected chi connectivity index (χ0v) is 13.4. The van der Waals surface area contributed by atoms with Gasteiger partial charge < -0.3 is 5.32 Å². The van der Waals surface area contributed by atoms with Crippen molar-refractivity contribution in [2.45, 2.75) is 31.5 Å². The van der Waals surface area contributed by atoms with Crippen molar-refractivity contribution in [1.29, 1.82) is 0 Å². The van der Waals surface area contributed by atoms with E-state index in [1.807, 2.05) is 12.3 Å². The van der Waals surface area contributed by atoms with Crippen LogP contribution in [0.15, 0.2) is 48.8 Å². The van der Waals surface area contributed by atoms with Crippen LogP contribution in [-0.2, 0) is 6.54 Å². The monoisotopic (exact) mass is 325 g/mol. The first-order chi connectivity index (χ1) is 11.7. The van der Waals surface area contributed by atoms with Crippen molar-refractivity contribution >= 4 is 5.91 Å². The Kier molecular flexibility index (Phi) is 4.02. The molecule has 1 aliphatic heterocycles. The molecule has 0 radical (unpaired) electrons. The number of nitrogens with zero attached hydrogens (tertiary/aromatic N) is 2. The van der Waals surface area contributed by atoms with E-state index < -0.39 is 0 Å². The van der Waals surface area contributed by atoms with Crippen LogP contribution in [0.2, 0.25) is 0 Å². The minimum atomic E-state index is -0.377. The first-order valence-electron chi connectivity index (χ1n) is 8.38. The van der Waals surface area contributed by atoms with E-state index in [1.165, 1.54) is 17.7 Å². The van der Waals surface area contributed by atoms with Gasteiger partial charge in [-0.05, 0) is 48.6 Å². The summed E-state index contributed by atoms with van der Waals surface area (Å²) in [6.45, 7) is 1.91. The average molecular weight is 325 g/mol. The average Bonchev–Trinajstić information content (AvgIpc) is 3.15. The summed E-state index contributed by atoms with van der Waals surface area (Å²) in [7, 11) is 0. The molecule has 4 nitrogen and oxygen atoms in total. The van der Waals surface area contributed by atoms with Crippen LogP contribution in [0, 0.1) is 11.7 Å². The molecule has 3 atom stereocenters. The number of hydrogen-bond donors (Lipinski definition) is 1. The molecule has 0 spiro atoms. The number of likely N-dealkylation sites (tertiary alicyclic amines) is 1. The van der Waals surface area contributed by atoms with Crippen LogP contribution >= 0.6 is 0 Å². The molecule has 1 amide bonds. The van der Waals surface area contributed by atoms with Crippen LogP contribution in [0.4, 0.5) is 4.39 Å². The van der Waals surface area contributed by atoms with E-state index >= 15 is 0 Å². The van der Waals surface area contributed by atoms with Gasteiger partial charge in [0.25, 0.3) is 5.91 Å². The van der Waals surface area contributed by atoms with Crippen LogP contribution in [0.3, 0.4) is 0 Å². The third-order valence-corrected chi connectivity index (χ3v) is 5.17. The molecule has 2 heterocycles. The fourth-order valence-electron chi connectivity index (χ4n) is 4.02. The molecule has 24 heavy (non-hydrogen) atoms. The summed E-state index contributed by atoms with van der Waals surface area (Å²) >= 11 is 0. The van der Waals surface area contributed by atoms with E-state index in [1.54, 1.807) is 18.3 Å². The highest BCUT2D eigenvalue weighted by atomic mass is 19.1. The summed E-state index contributed by atoms with van der Waals surface area (Å²) in [5, 5.41) is 3.09. The van der Waals surface area contributed by atoms with Crippen molar-refractivity contribution < 1.29 is 9.18 Å². The Morgan fingerprint density at radius 3 is 2.92 bits per heavy atom. The van der Waals surface area contributed by atoms with Crippen molar-refractivity contribution in [3.63, 3.8) is 0 Å². The fourth-order valence-corrected chi connectivity index (χ4v) is 4.02. The van der Waals surface area contributed by atoms with Gasteiger partial charge in [-0.3, -0.25) is 14.7 Å². The molecule has 4 rings (SSSR count). The Labute approximate surface area is 140 Å². The summed E-state index contributed by atoms with van der Waals surface area (Å²) in [6.07, 6.45) is 5.78. The molecule has 124 valence electrons. The van der Waals surface area contributed by atoms with E-state index in [0.717, 1.165) is 25.9 Å². The first-order valence-corrected chi connectivity index (χ1v) is 8.38. The van der Waals surface area contributed by atoms with Gasteiger partial charge >= 0.3 is 0 Å². The number of aromatic nitrogens is 1. The number of rotatable bonds is 4. The Morgan fingerprint density at radius 2 is 2.21 bits per heavy atom. The minimum absolute atomic E-state index is 0.175. The van der Waals surface area contributed by atoms with Gasteiger partial charge in [0.2, 0.25) is 0 Å². The van der Waals surface area contributed by atoms with E-state index in [2.05, 4.69) is 21.3 Å². The SMILES string of the molecule is O=C(N[C@@H]1C[C@H]2C[C@H]1CN2Cc1cccnc1)c1cccc(F)c1. The Hall–Kier alpha value is -2.27. The van der Waals surface area contributed by atoms with Gasteiger partial charge in [-0.15, -0.1) is 0 Å². The van der Waals surface area contributed by atoms with Crippen molar-refractivity contribution in [1.82, 2.24) is 15.2 Å². The highest BCUT2D eigenvalue weighted by Crippen LogP contribution is 2.38. The number of halogens is 1. The predicted molar refractivity (Wildman–Crippen MR) is 88.8 cm³/mol. The summed E-state index contributed by atoms with van der Waals surface area (Å²) in [6, 6.07) is 10.6. The fraction of sp³-hybridized carbons (Fsp3) is 0.368. The van der Waals surface area contributed by atoms with Crippen molar-refractivity contribution in [2.24, 2.45) is 5.92 Å². The van der Waals surface area contributed by atoms with Gasteiger partial charge in [-0.1, -0.05) is 12.1 Å². The van der Waals surface area contributed by atoms with Gasteiger partial charge in [-0.2, -0.15) is 0 Å². The second kappa shape index (κ2) is 6.32. The van der Waals surface area contributed by atoms with Gasteiger partial charge in [-0.25, -0.2) is 4.39 Å². The number of nitrogens with one attached hydrogen (secondary N) is 1. The van der Waals surface area contributed by atoms with E-state index in [0.29, 0.717) is 17.5 Å². The topological polar surface area (TPSA) is 45.2 Å². The lowest BCUT2D eigenvalue weighted by atomic mass is 10.0. The van der Waals surface area contributed by atoms with Crippen LogP contribution < -0.4 is 5.32 Å². The number of amides is 1. The number of piperidine rings is 1. The molecule has 2 fully saturated rings. The first kappa shape index (κ1) is 15.3. The zero-order valence-electron chi connectivity index (χ0n) is 13.4. The molecule has 1 saturated carbocycles. The van der Waals surface area contributed by atoms with Crippen LogP contribution in [0.5, 0.6) is 0 Å². The van der Waals surface area contributed by atoms with E-state index in [9.17, 15) is 9.18 Å². The lowest BCUT2D eigenvalue weighted by molar-refractivity contribution is 0.0903. The molecule has 0 unspecified atom stereocenters. The number of fused-ring (bicyclic) bond motifs is 2. The third kappa shape index (κ3) is 3.04. The molecule has 1 aromatic heterocycles. The molecular formula is C19H20FN3O. The van der Waals surface area contributed by atoms with Gasteiger partial charge in [0.1, 0.15) is 5.82 Å². The third-order valence-electron chi connectivity index (χ3n) is 5.17. The predicted octanol–water partition coefficient (Wildman–Crippen LogP) is 2.61. The summed E-state index contributed by atoms with van der Waals surface area (Å²) in [4.78, 5) is 19.0. The Balaban J connectivity index is 1.35. The highest BCUT2D eigenvalue weighted by molar-refractivity contribution is 5.94. The van der Waals surface area contributed by atoms with Gasteiger partial charge in [0.05, 0.1) is 0 Å². The summed E-state index contributed by atoms with van der Waals surface area (Å²) in [5.41, 5.74) is 1.62. The maximum atomic E-state index is 13.3. The number of carbonyl (C=O) groups excluding carboxylic acids is 1. The maximum Gasteiger partial charge on any atom is 0.251 e. The molecule has 2 aliphatic rings. The maximum absolute atomic E-state index is 13.3. The van der Waals surface area contributed by atoms with Crippen molar-refractivity contribution in [3.8, 4) is 0 Å². The quantitative estimate of drug-likeness (QED) is 0.940. The minimum Gasteiger partial charge on any atom is -0.349 e. The molecule has 1 saturated heterocycles. The number of hydrogen-bond acceptors (Lipinski definition) is 3. The smallest absolute Gasteiger partial charge is 0.251 e. The van der Waals surface area contributed by atoms with E-state index in [-0.39, 0.29) is 17.8 Å². The zero-order chi connectivity index (χ0) is 16.5. The van der Waals surface area contributed by atoms with E-state index in [4.69, 9.17) is 0 Å². The largest absolute Gasteiger partial charge is 0.349 e. The van der Waals surface area contributed by atoms with Crippen LogP contribution in [0.1, 0.15) is 28.8 Å². The molecule has 5 heteroatoms. The molecule has 2 bridgehead atoms.